The first-order valence-electron chi connectivity index (χ1n) is 7.10. The minimum Gasteiger partial charge on any atom is -0.481 e. The summed E-state index contributed by atoms with van der Waals surface area (Å²) in [6.45, 7) is 8.78. The van der Waals surface area contributed by atoms with Crippen molar-refractivity contribution in [2.24, 2.45) is 11.8 Å². The number of nitrogens with one attached hydrogen (secondary N) is 1. The molecule has 0 aromatic heterocycles. The lowest BCUT2D eigenvalue weighted by molar-refractivity contribution is -0.138. The standard InChI is InChI=1S/C14H26N2O4/c1-5-10(3)9-16(6-2)14(20)15-12(17)7-11(4)8-13(18)19/h10-11H,5-9H2,1-4H3,(H,18,19)(H,15,17,20). The van der Waals surface area contributed by atoms with Gasteiger partial charge in [-0.15, -0.1) is 0 Å². The second kappa shape index (κ2) is 9.34. The Bertz CT molecular complexity index is 344. The van der Waals surface area contributed by atoms with E-state index in [-0.39, 0.29) is 18.8 Å². The first-order chi connectivity index (χ1) is 9.29. The number of hydrogen-bond acceptors (Lipinski definition) is 3. The van der Waals surface area contributed by atoms with Gasteiger partial charge < -0.3 is 10.0 Å². The summed E-state index contributed by atoms with van der Waals surface area (Å²) >= 11 is 0. The molecule has 0 heterocycles. The molecule has 0 spiro atoms. The number of aliphatic carboxylic acids is 1. The highest BCUT2D eigenvalue weighted by Gasteiger charge is 2.18. The molecule has 2 atom stereocenters. The van der Waals surface area contributed by atoms with Crippen molar-refractivity contribution in [2.45, 2.75) is 47.0 Å². The third-order valence-electron chi connectivity index (χ3n) is 3.20. The lowest BCUT2D eigenvalue weighted by Crippen LogP contribution is -2.44. The van der Waals surface area contributed by atoms with E-state index in [9.17, 15) is 14.4 Å². The Balaban J connectivity index is 4.28. The maximum absolute atomic E-state index is 11.9. The molecule has 0 radical (unpaired) electrons. The van der Waals surface area contributed by atoms with Crippen molar-refractivity contribution in [3.8, 4) is 0 Å². The van der Waals surface area contributed by atoms with E-state index in [1.165, 1.54) is 0 Å². The van der Waals surface area contributed by atoms with Crippen LogP contribution in [0.15, 0.2) is 0 Å². The van der Waals surface area contributed by atoms with E-state index in [4.69, 9.17) is 5.11 Å². The summed E-state index contributed by atoms with van der Waals surface area (Å²) in [6.07, 6.45) is 0.929. The van der Waals surface area contributed by atoms with Crippen LogP contribution >= 0.6 is 0 Å². The average molecular weight is 286 g/mol. The van der Waals surface area contributed by atoms with E-state index in [1.54, 1.807) is 11.8 Å². The number of carboxylic acid groups (broad SMARTS) is 1. The Labute approximate surface area is 120 Å². The molecule has 0 bridgehead atoms. The van der Waals surface area contributed by atoms with Crippen molar-refractivity contribution in [1.82, 2.24) is 10.2 Å². The minimum atomic E-state index is -0.941. The van der Waals surface area contributed by atoms with Gasteiger partial charge in [-0.3, -0.25) is 14.9 Å². The molecule has 0 rings (SSSR count). The topological polar surface area (TPSA) is 86.7 Å². The molecule has 2 unspecified atom stereocenters. The first-order valence-corrected chi connectivity index (χ1v) is 7.10. The van der Waals surface area contributed by atoms with Crippen LogP contribution in [0.1, 0.15) is 47.0 Å². The average Bonchev–Trinajstić information content (AvgIpc) is 2.33. The fraction of sp³-hybridized carbons (Fsp3) is 0.786. The zero-order valence-corrected chi connectivity index (χ0v) is 12.8. The van der Waals surface area contributed by atoms with Crippen LogP contribution in [0.25, 0.3) is 0 Å². The lowest BCUT2D eigenvalue weighted by atomic mass is 10.0. The van der Waals surface area contributed by atoms with E-state index in [2.05, 4.69) is 12.2 Å². The zero-order valence-electron chi connectivity index (χ0n) is 12.8. The van der Waals surface area contributed by atoms with Crippen molar-refractivity contribution in [3.63, 3.8) is 0 Å². The monoisotopic (exact) mass is 286 g/mol. The molecular weight excluding hydrogens is 260 g/mol. The maximum Gasteiger partial charge on any atom is 0.324 e. The molecule has 0 aliphatic carbocycles. The number of imide groups is 1. The highest BCUT2D eigenvalue weighted by molar-refractivity contribution is 5.94. The van der Waals surface area contributed by atoms with Crippen LogP contribution in [0, 0.1) is 11.8 Å². The van der Waals surface area contributed by atoms with E-state index in [1.807, 2.05) is 13.8 Å². The van der Waals surface area contributed by atoms with Crippen molar-refractivity contribution < 1.29 is 19.5 Å². The van der Waals surface area contributed by atoms with Crippen LogP contribution in [0.4, 0.5) is 4.79 Å². The molecule has 6 heteroatoms. The van der Waals surface area contributed by atoms with Gasteiger partial charge in [0.1, 0.15) is 0 Å². The summed E-state index contributed by atoms with van der Waals surface area (Å²) in [4.78, 5) is 35.7. The number of carbonyl (C=O) groups excluding carboxylic acids is 2. The SMILES string of the molecule is CCC(C)CN(CC)C(=O)NC(=O)CC(C)CC(=O)O. The Morgan fingerprint density at radius 3 is 2.15 bits per heavy atom. The van der Waals surface area contributed by atoms with Gasteiger partial charge in [-0.2, -0.15) is 0 Å². The van der Waals surface area contributed by atoms with Gasteiger partial charge in [0.15, 0.2) is 0 Å². The van der Waals surface area contributed by atoms with Gasteiger partial charge in [0, 0.05) is 25.9 Å². The summed E-state index contributed by atoms with van der Waals surface area (Å²) in [5.74, 6) is -1.28. The van der Waals surface area contributed by atoms with Crippen LogP contribution in [-0.4, -0.2) is 41.0 Å². The smallest absolute Gasteiger partial charge is 0.324 e. The summed E-state index contributed by atoms with van der Waals surface area (Å²) in [7, 11) is 0. The third-order valence-corrected chi connectivity index (χ3v) is 3.20. The molecule has 0 aromatic carbocycles. The molecule has 20 heavy (non-hydrogen) atoms. The first kappa shape index (κ1) is 18.4. The Hall–Kier alpha value is -1.59. The number of carboxylic acids is 1. The molecule has 116 valence electrons. The van der Waals surface area contributed by atoms with Crippen LogP contribution in [-0.2, 0) is 9.59 Å². The number of amides is 3. The molecule has 0 aliphatic heterocycles. The van der Waals surface area contributed by atoms with Gasteiger partial charge in [-0.25, -0.2) is 4.79 Å². The van der Waals surface area contributed by atoms with Crippen LogP contribution in [0.3, 0.4) is 0 Å². The summed E-state index contributed by atoms with van der Waals surface area (Å²) < 4.78 is 0. The van der Waals surface area contributed by atoms with Crippen molar-refractivity contribution in [1.29, 1.82) is 0 Å². The summed E-state index contributed by atoms with van der Waals surface area (Å²) in [5.41, 5.74) is 0. The zero-order chi connectivity index (χ0) is 15.7. The van der Waals surface area contributed by atoms with Crippen molar-refractivity contribution in [2.75, 3.05) is 13.1 Å². The number of nitrogens with zero attached hydrogens (tertiary/aromatic N) is 1. The van der Waals surface area contributed by atoms with Gasteiger partial charge in [-0.05, 0) is 18.8 Å². The molecule has 0 fully saturated rings. The number of rotatable bonds is 8. The predicted octanol–water partition coefficient (Wildman–Crippen LogP) is 2.09. The third kappa shape index (κ3) is 7.76. The van der Waals surface area contributed by atoms with Crippen LogP contribution in [0.5, 0.6) is 0 Å². The molecule has 3 amide bonds. The molecule has 6 nitrogen and oxygen atoms in total. The normalized spacial score (nSPS) is 13.4. The number of urea groups is 1. The quantitative estimate of drug-likeness (QED) is 0.715. The van der Waals surface area contributed by atoms with Crippen molar-refractivity contribution >= 4 is 17.9 Å². The van der Waals surface area contributed by atoms with Gasteiger partial charge in [-0.1, -0.05) is 27.2 Å². The van der Waals surface area contributed by atoms with Gasteiger partial charge in [0.2, 0.25) is 5.91 Å². The molecule has 2 N–H and O–H groups in total. The van der Waals surface area contributed by atoms with Gasteiger partial charge in [0.25, 0.3) is 0 Å². The molecule has 0 aliphatic rings. The summed E-state index contributed by atoms with van der Waals surface area (Å²) in [5, 5.41) is 10.9. The molecule has 0 saturated carbocycles. The molecule has 0 saturated heterocycles. The van der Waals surface area contributed by atoms with E-state index in [0.29, 0.717) is 19.0 Å². The van der Waals surface area contributed by atoms with Crippen LogP contribution in [0.2, 0.25) is 0 Å². The van der Waals surface area contributed by atoms with Crippen LogP contribution < -0.4 is 5.32 Å². The summed E-state index contributed by atoms with van der Waals surface area (Å²) in [6, 6.07) is -0.402. The largest absolute Gasteiger partial charge is 0.481 e. The Morgan fingerprint density at radius 2 is 1.70 bits per heavy atom. The highest BCUT2D eigenvalue weighted by Crippen LogP contribution is 2.08. The Kier molecular flexibility index (Phi) is 8.59. The Morgan fingerprint density at radius 1 is 1.10 bits per heavy atom. The number of carbonyl (C=O) groups is 3. The minimum absolute atomic E-state index is 0.0406. The van der Waals surface area contributed by atoms with E-state index >= 15 is 0 Å². The molecule has 0 aromatic rings. The van der Waals surface area contributed by atoms with E-state index in [0.717, 1.165) is 6.42 Å². The van der Waals surface area contributed by atoms with Crippen molar-refractivity contribution in [3.05, 3.63) is 0 Å². The van der Waals surface area contributed by atoms with Gasteiger partial charge >= 0.3 is 12.0 Å². The second-order valence-electron chi connectivity index (χ2n) is 5.31. The van der Waals surface area contributed by atoms with E-state index < -0.39 is 17.9 Å². The molecular formula is C14H26N2O4. The maximum atomic E-state index is 11.9. The number of hydrogen-bond donors (Lipinski definition) is 2. The lowest BCUT2D eigenvalue weighted by Gasteiger charge is -2.24. The van der Waals surface area contributed by atoms with Gasteiger partial charge in [0.05, 0.1) is 0 Å². The highest BCUT2D eigenvalue weighted by atomic mass is 16.4. The fourth-order valence-electron chi connectivity index (χ4n) is 1.80. The second-order valence-corrected chi connectivity index (χ2v) is 5.31. The fourth-order valence-corrected chi connectivity index (χ4v) is 1.80. The predicted molar refractivity (Wildman–Crippen MR) is 76.3 cm³/mol.